The van der Waals surface area contributed by atoms with Crippen molar-refractivity contribution in [3.8, 4) is 5.75 Å². The summed E-state index contributed by atoms with van der Waals surface area (Å²) in [6.07, 6.45) is 1.16. The van der Waals surface area contributed by atoms with Crippen LogP contribution in [0.15, 0.2) is 65.8 Å². The van der Waals surface area contributed by atoms with E-state index in [4.69, 9.17) is 0 Å². The highest BCUT2D eigenvalue weighted by atomic mass is 16.6. The Hall–Kier alpha value is -3.94. The molecule has 3 N–H and O–H groups in total. The molecule has 0 radical (unpaired) electrons. The normalized spacial score (nSPS) is 12.0. The van der Waals surface area contributed by atoms with Crippen molar-refractivity contribution in [1.29, 1.82) is 0 Å². The number of nitrogens with zero attached hydrogens (tertiary/aromatic N) is 2. The Labute approximate surface area is 160 Å². The van der Waals surface area contributed by atoms with E-state index in [1.54, 1.807) is 6.92 Å². The molecule has 1 unspecified atom stereocenters. The number of carbonyl (C=O) groups excluding carboxylic acids is 1. The van der Waals surface area contributed by atoms with Crippen molar-refractivity contribution in [1.82, 2.24) is 5.43 Å². The fourth-order valence-electron chi connectivity index (χ4n) is 2.67. The molecule has 0 aromatic heterocycles. The van der Waals surface area contributed by atoms with Gasteiger partial charge in [-0.3, -0.25) is 14.9 Å². The molecule has 3 aromatic rings. The number of aromatic hydroxyl groups is 1. The molecule has 0 saturated carbocycles. The molecule has 8 nitrogen and oxygen atoms in total. The predicted octanol–water partition coefficient (Wildman–Crippen LogP) is 3.40. The maximum atomic E-state index is 12.3. The van der Waals surface area contributed by atoms with Crippen LogP contribution in [0.3, 0.4) is 0 Å². The van der Waals surface area contributed by atoms with E-state index in [0.29, 0.717) is 0 Å². The molecule has 1 amide bonds. The van der Waals surface area contributed by atoms with Crippen molar-refractivity contribution in [2.45, 2.75) is 13.0 Å². The fraction of sp³-hybridized carbons (Fsp3) is 0.100. The SMILES string of the molecule is CC(Nc1cccc2ccccc12)C(=O)NN=Cc1cc([N+](=O)[O-])ccc1O. The highest BCUT2D eigenvalue weighted by molar-refractivity contribution is 5.96. The van der Waals surface area contributed by atoms with Crippen LogP contribution in [-0.2, 0) is 4.79 Å². The zero-order valence-electron chi connectivity index (χ0n) is 15.0. The lowest BCUT2D eigenvalue weighted by Gasteiger charge is -2.15. The van der Waals surface area contributed by atoms with Gasteiger partial charge in [0.15, 0.2) is 0 Å². The van der Waals surface area contributed by atoms with Crippen LogP contribution in [-0.4, -0.2) is 28.2 Å². The van der Waals surface area contributed by atoms with E-state index in [1.807, 2.05) is 42.5 Å². The monoisotopic (exact) mass is 378 g/mol. The summed E-state index contributed by atoms with van der Waals surface area (Å²) in [6.45, 7) is 1.69. The molecular formula is C20H18N4O4. The summed E-state index contributed by atoms with van der Waals surface area (Å²) in [7, 11) is 0. The van der Waals surface area contributed by atoms with Gasteiger partial charge in [0.25, 0.3) is 11.6 Å². The molecule has 142 valence electrons. The number of nitro benzene ring substituents is 1. The molecular weight excluding hydrogens is 360 g/mol. The van der Waals surface area contributed by atoms with Gasteiger partial charge in [0.2, 0.25) is 0 Å². The van der Waals surface area contributed by atoms with Gasteiger partial charge in [-0.2, -0.15) is 5.10 Å². The second-order valence-electron chi connectivity index (χ2n) is 6.13. The Balaban J connectivity index is 1.67. The smallest absolute Gasteiger partial charge is 0.270 e. The van der Waals surface area contributed by atoms with Crippen molar-refractivity contribution >= 4 is 34.3 Å². The number of hydrogen-bond donors (Lipinski definition) is 3. The molecule has 28 heavy (non-hydrogen) atoms. The molecule has 0 aliphatic heterocycles. The number of hydrogen-bond acceptors (Lipinski definition) is 6. The predicted molar refractivity (Wildman–Crippen MR) is 108 cm³/mol. The summed E-state index contributed by atoms with van der Waals surface area (Å²) >= 11 is 0. The van der Waals surface area contributed by atoms with Crippen molar-refractivity contribution in [3.05, 3.63) is 76.3 Å². The molecule has 0 aliphatic rings. The van der Waals surface area contributed by atoms with Crippen molar-refractivity contribution in [2.24, 2.45) is 5.10 Å². The number of phenols is 1. The van der Waals surface area contributed by atoms with Crippen molar-refractivity contribution in [2.75, 3.05) is 5.32 Å². The van der Waals surface area contributed by atoms with Crippen molar-refractivity contribution < 1.29 is 14.8 Å². The Morgan fingerprint density at radius 3 is 2.71 bits per heavy atom. The minimum Gasteiger partial charge on any atom is -0.507 e. The second kappa shape index (κ2) is 8.17. The van der Waals surface area contributed by atoms with Crippen LogP contribution in [0.1, 0.15) is 12.5 Å². The Bertz CT molecular complexity index is 1060. The van der Waals surface area contributed by atoms with Gasteiger partial charge in [-0.25, -0.2) is 5.43 Å². The summed E-state index contributed by atoms with van der Waals surface area (Å²) in [6, 6.07) is 16.6. The Morgan fingerprint density at radius 1 is 1.18 bits per heavy atom. The van der Waals surface area contributed by atoms with Crippen LogP contribution in [0.2, 0.25) is 0 Å². The van der Waals surface area contributed by atoms with Gasteiger partial charge in [0.1, 0.15) is 11.8 Å². The van der Waals surface area contributed by atoms with Crippen LogP contribution in [0, 0.1) is 10.1 Å². The third kappa shape index (κ3) is 4.24. The zero-order chi connectivity index (χ0) is 20.1. The summed E-state index contributed by atoms with van der Waals surface area (Å²) < 4.78 is 0. The molecule has 0 bridgehead atoms. The Morgan fingerprint density at radius 2 is 1.93 bits per heavy atom. The number of phenolic OH excluding ortho intramolecular Hbond substituents is 1. The quantitative estimate of drug-likeness (QED) is 0.345. The minimum atomic E-state index is -0.582. The van der Waals surface area contributed by atoms with Crippen LogP contribution >= 0.6 is 0 Å². The Kier molecular flexibility index (Phi) is 5.50. The van der Waals surface area contributed by atoms with Gasteiger partial charge < -0.3 is 10.4 Å². The van der Waals surface area contributed by atoms with E-state index in [-0.39, 0.29) is 17.0 Å². The first-order chi connectivity index (χ1) is 13.5. The molecule has 8 heteroatoms. The van der Waals surface area contributed by atoms with Gasteiger partial charge in [0, 0.05) is 28.8 Å². The van der Waals surface area contributed by atoms with Gasteiger partial charge in [-0.1, -0.05) is 36.4 Å². The number of hydrazone groups is 1. The van der Waals surface area contributed by atoms with E-state index < -0.39 is 16.9 Å². The first-order valence-electron chi connectivity index (χ1n) is 8.50. The van der Waals surface area contributed by atoms with Crippen LogP contribution in [0.4, 0.5) is 11.4 Å². The number of benzene rings is 3. The van der Waals surface area contributed by atoms with Gasteiger partial charge >= 0.3 is 0 Å². The summed E-state index contributed by atoms with van der Waals surface area (Å²) in [5.74, 6) is -0.570. The maximum Gasteiger partial charge on any atom is 0.270 e. The first-order valence-corrected chi connectivity index (χ1v) is 8.50. The largest absolute Gasteiger partial charge is 0.507 e. The molecule has 0 aliphatic carbocycles. The number of rotatable bonds is 6. The van der Waals surface area contributed by atoms with Crippen LogP contribution in [0.25, 0.3) is 10.8 Å². The third-order valence-corrected chi connectivity index (χ3v) is 4.16. The number of non-ortho nitro benzene ring substituents is 1. The number of nitro groups is 1. The van der Waals surface area contributed by atoms with E-state index in [2.05, 4.69) is 15.8 Å². The number of carbonyl (C=O) groups is 1. The fourth-order valence-corrected chi connectivity index (χ4v) is 2.67. The van der Waals surface area contributed by atoms with Gasteiger partial charge in [-0.05, 0) is 24.4 Å². The second-order valence-corrected chi connectivity index (χ2v) is 6.13. The lowest BCUT2D eigenvalue weighted by Crippen LogP contribution is -2.34. The number of fused-ring (bicyclic) bond motifs is 1. The molecule has 0 heterocycles. The van der Waals surface area contributed by atoms with E-state index in [9.17, 15) is 20.0 Å². The standard InChI is InChI=1S/C20H18N4O4/c1-13(22-18-8-4-6-14-5-2-3-7-17(14)18)20(26)23-21-12-15-11-16(24(27)28)9-10-19(15)25/h2-13,22,25H,1H3,(H,23,26). The maximum absolute atomic E-state index is 12.3. The number of amides is 1. The third-order valence-electron chi connectivity index (χ3n) is 4.16. The minimum absolute atomic E-state index is 0.129. The molecule has 0 fully saturated rings. The summed E-state index contributed by atoms with van der Waals surface area (Å²) in [5, 5.41) is 29.5. The topological polar surface area (TPSA) is 117 Å². The zero-order valence-corrected chi connectivity index (χ0v) is 15.0. The average molecular weight is 378 g/mol. The molecule has 1 atom stereocenters. The summed E-state index contributed by atoms with van der Waals surface area (Å²) in [4.78, 5) is 22.5. The molecule has 0 saturated heterocycles. The number of nitrogens with one attached hydrogen (secondary N) is 2. The molecule has 3 rings (SSSR count). The van der Waals surface area contributed by atoms with Gasteiger partial charge in [0.05, 0.1) is 11.1 Å². The number of anilines is 1. The highest BCUT2D eigenvalue weighted by Gasteiger charge is 2.13. The molecule has 0 spiro atoms. The average Bonchev–Trinajstić information content (AvgIpc) is 2.69. The lowest BCUT2D eigenvalue weighted by molar-refractivity contribution is -0.384. The lowest BCUT2D eigenvalue weighted by atomic mass is 10.1. The van der Waals surface area contributed by atoms with Crippen LogP contribution < -0.4 is 10.7 Å². The van der Waals surface area contributed by atoms with E-state index in [0.717, 1.165) is 22.7 Å². The molecule has 3 aromatic carbocycles. The summed E-state index contributed by atoms with van der Waals surface area (Å²) in [5.41, 5.74) is 3.13. The highest BCUT2D eigenvalue weighted by Crippen LogP contribution is 2.23. The van der Waals surface area contributed by atoms with Crippen LogP contribution in [0.5, 0.6) is 5.75 Å². The first kappa shape index (κ1) is 18.8. The van der Waals surface area contributed by atoms with E-state index >= 15 is 0 Å². The van der Waals surface area contributed by atoms with Crippen molar-refractivity contribution in [3.63, 3.8) is 0 Å². The van der Waals surface area contributed by atoms with E-state index in [1.165, 1.54) is 18.2 Å². The van der Waals surface area contributed by atoms with Gasteiger partial charge in [-0.15, -0.1) is 0 Å².